The molecule has 0 aliphatic carbocycles. The highest BCUT2D eigenvalue weighted by Gasteiger charge is 2.41. The van der Waals surface area contributed by atoms with Crippen molar-refractivity contribution >= 4 is 5.91 Å². The number of amides is 1. The maximum atomic E-state index is 12.3. The number of hydrogen-bond donors (Lipinski definition) is 2. The molecule has 2 N–H and O–H groups in total. The lowest BCUT2D eigenvalue weighted by molar-refractivity contribution is -0.174. The summed E-state index contributed by atoms with van der Waals surface area (Å²) in [5, 5.41) is 5.23. The Morgan fingerprint density at radius 2 is 1.90 bits per heavy atom. The monoisotopic (exact) mass is 300 g/mol. The molecule has 116 valence electrons. The van der Waals surface area contributed by atoms with E-state index in [0.29, 0.717) is 13.0 Å². The molecule has 0 spiro atoms. The van der Waals surface area contributed by atoms with Crippen molar-refractivity contribution in [3.63, 3.8) is 0 Å². The second-order valence-corrected chi connectivity index (χ2v) is 5.62. The predicted molar refractivity (Wildman–Crippen MR) is 74.0 cm³/mol. The summed E-state index contributed by atoms with van der Waals surface area (Å²) in [7, 11) is 0. The number of piperidine rings is 1. The normalized spacial score (nSPS) is 26.4. The summed E-state index contributed by atoms with van der Waals surface area (Å²) < 4.78 is 36.9. The summed E-state index contributed by atoms with van der Waals surface area (Å²) in [5.74, 6) is -1.79. The third kappa shape index (κ3) is 3.97. The van der Waals surface area contributed by atoms with E-state index in [9.17, 15) is 18.0 Å². The number of hydrogen-bond acceptors (Lipinski definition) is 2. The first-order chi connectivity index (χ1) is 9.77. The van der Waals surface area contributed by atoms with Crippen LogP contribution in [-0.2, 0) is 4.79 Å². The molecule has 0 radical (unpaired) electrons. The Morgan fingerprint density at radius 3 is 2.48 bits per heavy atom. The number of aryl methyl sites for hydroxylation is 1. The maximum Gasteiger partial charge on any atom is 0.471 e. The van der Waals surface area contributed by atoms with E-state index in [1.807, 2.05) is 38.1 Å². The Balaban J connectivity index is 2.06. The standard InChI is InChI=1S/C15H19F3N2O/c1-9-3-5-11(6-4-9)13-7-12(8-19-10(13)2)20-14(21)15(16,17)18/h3-6,10,12-13,19H,7-8H2,1-2H3,(H,20,21). The van der Waals surface area contributed by atoms with Gasteiger partial charge in [-0.05, 0) is 25.8 Å². The van der Waals surface area contributed by atoms with Crippen LogP contribution in [0.5, 0.6) is 0 Å². The molecule has 0 aromatic heterocycles. The fourth-order valence-corrected chi connectivity index (χ4v) is 2.68. The molecule has 6 heteroatoms. The van der Waals surface area contributed by atoms with Gasteiger partial charge in [-0.3, -0.25) is 4.79 Å². The molecule has 3 unspecified atom stereocenters. The number of benzene rings is 1. The summed E-state index contributed by atoms with van der Waals surface area (Å²) in [5.41, 5.74) is 2.21. The summed E-state index contributed by atoms with van der Waals surface area (Å²) in [4.78, 5) is 11.0. The van der Waals surface area contributed by atoms with E-state index in [0.717, 1.165) is 11.1 Å². The van der Waals surface area contributed by atoms with Crippen molar-refractivity contribution in [1.82, 2.24) is 10.6 Å². The third-order valence-corrected chi connectivity index (χ3v) is 3.93. The molecule has 0 bridgehead atoms. The van der Waals surface area contributed by atoms with Gasteiger partial charge >= 0.3 is 12.1 Å². The van der Waals surface area contributed by atoms with E-state index < -0.39 is 18.1 Å². The van der Waals surface area contributed by atoms with Gasteiger partial charge in [0.25, 0.3) is 0 Å². The predicted octanol–water partition coefficient (Wildman–Crippen LogP) is 2.51. The molecular weight excluding hydrogens is 281 g/mol. The number of nitrogens with one attached hydrogen (secondary N) is 2. The van der Waals surface area contributed by atoms with Crippen LogP contribution in [0.4, 0.5) is 13.2 Å². The van der Waals surface area contributed by atoms with Crippen molar-refractivity contribution in [3.8, 4) is 0 Å². The molecule has 3 nitrogen and oxygen atoms in total. The Bertz CT molecular complexity index is 499. The molecule has 1 heterocycles. The average molecular weight is 300 g/mol. The highest BCUT2D eigenvalue weighted by Crippen LogP contribution is 2.28. The average Bonchev–Trinajstić information content (AvgIpc) is 2.41. The van der Waals surface area contributed by atoms with Crippen LogP contribution >= 0.6 is 0 Å². The number of rotatable bonds is 2. The number of carbonyl (C=O) groups excluding carboxylic acids is 1. The minimum Gasteiger partial charge on any atom is -0.344 e. The smallest absolute Gasteiger partial charge is 0.344 e. The van der Waals surface area contributed by atoms with Crippen LogP contribution < -0.4 is 10.6 Å². The molecule has 21 heavy (non-hydrogen) atoms. The van der Waals surface area contributed by atoms with E-state index in [4.69, 9.17) is 0 Å². The molecule has 1 aromatic carbocycles. The molecular formula is C15H19F3N2O. The summed E-state index contributed by atoms with van der Waals surface area (Å²) in [6.07, 6.45) is -4.33. The first-order valence-electron chi connectivity index (χ1n) is 6.95. The first-order valence-corrected chi connectivity index (χ1v) is 6.95. The van der Waals surface area contributed by atoms with Gasteiger partial charge in [0.1, 0.15) is 0 Å². The van der Waals surface area contributed by atoms with Crippen LogP contribution in [0.3, 0.4) is 0 Å². The lowest BCUT2D eigenvalue weighted by Gasteiger charge is -2.36. The maximum absolute atomic E-state index is 12.3. The highest BCUT2D eigenvalue weighted by atomic mass is 19.4. The zero-order valence-electron chi connectivity index (χ0n) is 12.0. The largest absolute Gasteiger partial charge is 0.471 e. The number of halogens is 3. The second kappa shape index (κ2) is 6.05. The number of carbonyl (C=O) groups is 1. The van der Waals surface area contributed by atoms with Gasteiger partial charge in [0.05, 0.1) is 0 Å². The number of alkyl halides is 3. The van der Waals surface area contributed by atoms with Gasteiger partial charge in [-0.1, -0.05) is 29.8 Å². The molecule has 1 aliphatic heterocycles. The zero-order chi connectivity index (χ0) is 15.6. The molecule has 0 saturated carbocycles. The molecule has 1 amide bonds. The molecule has 3 atom stereocenters. The van der Waals surface area contributed by atoms with Gasteiger partial charge < -0.3 is 10.6 Å². The molecule has 1 aromatic rings. The van der Waals surface area contributed by atoms with Gasteiger partial charge in [0.15, 0.2) is 0 Å². The van der Waals surface area contributed by atoms with Crippen LogP contribution in [0.25, 0.3) is 0 Å². The molecule has 2 rings (SSSR count). The van der Waals surface area contributed by atoms with Crippen molar-refractivity contribution in [2.75, 3.05) is 6.54 Å². The van der Waals surface area contributed by atoms with Gasteiger partial charge in [-0.15, -0.1) is 0 Å². The van der Waals surface area contributed by atoms with Gasteiger partial charge in [-0.25, -0.2) is 0 Å². The summed E-state index contributed by atoms with van der Waals surface area (Å²) in [6.45, 7) is 4.34. The zero-order valence-corrected chi connectivity index (χ0v) is 12.0. The van der Waals surface area contributed by atoms with Crippen LogP contribution in [0.2, 0.25) is 0 Å². The summed E-state index contributed by atoms with van der Waals surface area (Å²) in [6, 6.07) is 7.60. The van der Waals surface area contributed by atoms with Crippen LogP contribution in [0, 0.1) is 6.92 Å². The quantitative estimate of drug-likeness (QED) is 0.881. The van der Waals surface area contributed by atoms with Crippen LogP contribution in [-0.4, -0.2) is 30.7 Å². The Morgan fingerprint density at radius 1 is 1.29 bits per heavy atom. The third-order valence-electron chi connectivity index (χ3n) is 3.93. The first kappa shape index (κ1) is 15.8. The van der Waals surface area contributed by atoms with Crippen molar-refractivity contribution in [3.05, 3.63) is 35.4 Å². The minimum atomic E-state index is -4.83. The van der Waals surface area contributed by atoms with E-state index in [1.54, 1.807) is 0 Å². The topological polar surface area (TPSA) is 41.1 Å². The molecule has 1 aliphatic rings. The molecule has 1 fully saturated rings. The van der Waals surface area contributed by atoms with E-state index in [-0.39, 0.29) is 12.0 Å². The van der Waals surface area contributed by atoms with Gasteiger partial charge in [-0.2, -0.15) is 13.2 Å². The lowest BCUT2D eigenvalue weighted by Crippen LogP contribution is -2.54. The summed E-state index contributed by atoms with van der Waals surface area (Å²) >= 11 is 0. The van der Waals surface area contributed by atoms with Crippen LogP contribution in [0.1, 0.15) is 30.4 Å². The fraction of sp³-hybridized carbons (Fsp3) is 0.533. The van der Waals surface area contributed by atoms with Crippen molar-refractivity contribution in [2.45, 2.75) is 44.4 Å². The molecule has 1 saturated heterocycles. The highest BCUT2D eigenvalue weighted by molar-refractivity contribution is 5.82. The fourth-order valence-electron chi connectivity index (χ4n) is 2.68. The second-order valence-electron chi connectivity index (χ2n) is 5.62. The minimum absolute atomic E-state index is 0.0814. The van der Waals surface area contributed by atoms with Gasteiger partial charge in [0.2, 0.25) is 0 Å². The SMILES string of the molecule is Cc1ccc(C2CC(NC(=O)C(F)(F)F)CNC2C)cc1. The van der Waals surface area contributed by atoms with Gasteiger partial charge in [0, 0.05) is 24.5 Å². The Hall–Kier alpha value is -1.56. The van der Waals surface area contributed by atoms with Crippen molar-refractivity contribution in [1.29, 1.82) is 0 Å². The van der Waals surface area contributed by atoms with E-state index in [1.165, 1.54) is 0 Å². The van der Waals surface area contributed by atoms with E-state index in [2.05, 4.69) is 10.6 Å². The van der Waals surface area contributed by atoms with Crippen LogP contribution in [0.15, 0.2) is 24.3 Å². The lowest BCUT2D eigenvalue weighted by atomic mass is 9.83. The van der Waals surface area contributed by atoms with E-state index >= 15 is 0 Å². The van der Waals surface area contributed by atoms with Crippen molar-refractivity contribution < 1.29 is 18.0 Å². The Labute approximate surface area is 121 Å². The van der Waals surface area contributed by atoms with Crippen molar-refractivity contribution in [2.24, 2.45) is 0 Å². The Kier molecular flexibility index (Phi) is 4.56.